The molecular weight excluding hydrogens is 252 g/mol. The normalized spacial score (nSPS) is 12.9. The zero-order valence-electron chi connectivity index (χ0n) is 11.7. The predicted octanol–water partition coefficient (Wildman–Crippen LogP) is 2.52. The van der Waals surface area contributed by atoms with Crippen LogP contribution in [0.15, 0.2) is 40.9 Å². The maximum Gasteiger partial charge on any atom is 0.160 e. The van der Waals surface area contributed by atoms with Gasteiger partial charge in [-0.3, -0.25) is 4.40 Å². The van der Waals surface area contributed by atoms with E-state index >= 15 is 0 Å². The highest BCUT2D eigenvalue weighted by Gasteiger charge is 2.09. The molecule has 5 nitrogen and oxygen atoms in total. The summed E-state index contributed by atoms with van der Waals surface area (Å²) in [6, 6.07) is 10.1. The van der Waals surface area contributed by atoms with Gasteiger partial charge in [0.1, 0.15) is 17.3 Å². The fraction of sp³-hybridized carbons (Fsp3) is 0.333. The first-order valence-electron chi connectivity index (χ1n) is 6.82. The molecule has 0 aliphatic rings. The Morgan fingerprint density at radius 1 is 1.25 bits per heavy atom. The van der Waals surface area contributed by atoms with Gasteiger partial charge in [-0.15, -0.1) is 10.2 Å². The van der Waals surface area contributed by atoms with Gasteiger partial charge in [-0.25, -0.2) is 0 Å². The maximum atomic E-state index is 5.61. The Labute approximate surface area is 117 Å². The number of hydrogen-bond acceptors (Lipinski definition) is 4. The molecule has 0 bridgehead atoms. The van der Waals surface area contributed by atoms with E-state index in [9.17, 15) is 0 Å². The number of furan rings is 1. The molecular formula is C15H18N4O. The molecule has 0 aliphatic carbocycles. The second kappa shape index (κ2) is 5.46. The SMILES string of the molecule is Cc1ccc(C(C)NCCc2nnc3ccccn23)o1. The fourth-order valence-corrected chi connectivity index (χ4v) is 2.25. The number of nitrogens with zero attached hydrogens (tertiary/aromatic N) is 3. The molecule has 0 amide bonds. The van der Waals surface area contributed by atoms with Gasteiger partial charge in [0.2, 0.25) is 0 Å². The first kappa shape index (κ1) is 12.9. The van der Waals surface area contributed by atoms with Crippen molar-refractivity contribution in [1.29, 1.82) is 0 Å². The molecule has 0 saturated carbocycles. The van der Waals surface area contributed by atoms with Crippen molar-refractivity contribution in [3.05, 3.63) is 53.9 Å². The van der Waals surface area contributed by atoms with E-state index in [2.05, 4.69) is 22.4 Å². The van der Waals surface area contributed by atoms with Crippen molar-refractivity contribution in [2.75, 3.05) is 6.54 Å². The summed E-state index contributed by atoms with van der Waals surface area (Å²) in [5.41, 5.74) is 0.886. The Bertz CT molecular complexity index is 701. The van der Waals surface area contributed by atoms with Crippen molar-refractivity contribution in [3.8, 4) is 0 Å². The summed E-state index contributed by atoms with van der Waals surface area (Å²) in [6.45, 7) is 4.88. The Balaban J connectivity index is 1.60. The molecule has 0 aliphatic heterocycles. The maximum absolute atomic E-state index is 5.61. The molecule has 5 heteroatoms. The Morgan fingerprint density at radius 3 is 2.95 bits per heavy atom. The van der Waals surface area contributed by atoms with Crippen LogP contribution in [-0.2, 0) is 6.42 Å². The summed E-state index contributed by atoms with van der Waals surface area (Å²) >= 11 is 0. The largest absolute Gasteiger partial charge is 0.465 e. The lowest BCUT2D eigenvalue weighted by Crippen LogP contribution is -2.21. The molecule has 3 aromatic heterocycles. The first-order chi connectivity index (χ1) is 9.74. The highest BCUT2D eigenvalue weighted by molar-refractivity contribution is 5.37. The van der Waals surface area contributed by atoms with Crippen LogP contribution in [0.2, 0.25) is 0 Å². The zero-order chi connectivity index (χ0) is 13.9. The molecule has 0 spiro atoms. The lowest BCUT2D eigenvalue weighted by atomic mass is 10.2. The van der Waals surface area contributed by atoms with Crippen molar-refractivity contribution in [2.45, 2.75) is 26.3 Å². The van der Waals surface area contributed by atoms with Gasteiger partial charge < -0.3 is 9.73 Å². The summed E-state index contributed by atoms with van der Waals surface area (Å²) in [4.78, 5) is 0. The van der Waals surface area contributed by atoms with Crippen molar-refractivity contribution >= 4 is 5.65 Å². The molecule has 3 heterocycles. The van der Waals surface area contributed by atoms with E-state index < -0.39 is 0 Å². The monoisotopic (exact) mass is 270 g/mol. The first-order valence-corrected chi connectivity index (χ1v) is 6.82. The van der Waals surface area contributed by atoms with Gasteiger partial charge in [-0.05, 0) is 38.1 Å². The Morgan fingerprint density at radius 2 is 2.15 bits per heavy atom. The fourth-order valence-electron chi connectivity index (χ4n) is 2.25. The average molecular weight is 270 g/mol. The van der Waals surface area contributed by atoms with Crippen LogP contribution in [0.25, 0.3) is 5.65 Å². The topological polar surface area (TPSA) is 55.4 Å². The third-order valence-electron chi connectivity index (χ3n) is 3.37. The second-order valence-corrected chi connectivity index (χ2v) is 4.92. The minimum absolute atomic E-state index is 0.197. The van der Waals surface area contributed by atoms with Crippen molar-refractivity contribution in [2.24, 2.45) is 0 Å². The molecule has 0 fully saturated rings. The Hall–Kier alpha value is -2.14. The number of aromatic nitrogens is 3. The molecule has 1 atom stereocenters. The smallest absolute Gasteiger partial charge is 0.160 e. The van der Waals surface area contributed by atoms with Crippen LogP contribution in [0.3, 0.4) is 0 Å². The zero-order valence-corrected chi connectivity index (χ0v) is 11.7. The number of hydrogen-bond donors (Lipinski definition) is 1. The van der Waals surface area contributed by atoms with Crippen LogP contribution in [0.4, 0.5) is 0 Å². The molecule has 20 heavy (non-hydrogen) atoms. The van der Waals surface area contributed by atoms with Crippen molar-refractivity contribution in [1.82, 2.24) is 19.9 Å². The van der Waals surface area contributed by atoms with Crippen molar-refractivity contribution in [3.63, 3.8) is 0 Å². The van der Waals surface area contributed by atoms with Crippen LogP contribution in [0, 0.1) is 6.92 Å². The van der Waals surface area contributed by atoms with Gasteiger partial charge in [0, 0.05) is 19.2 Å². The highest BCUT2D eigenvalue weighted by Crippen LogP contribution is 2.15. The average Bonchev–Trinajstić information content (AvgIpc) is 3.06. The molecule has 1 unspecified atom stereocenters. The van der Waals surface area contributed by atoms with E-state index in [0.29, 0.717) is 0 Å². The number of pyridine rings is 1. The van der Waals surface area contributed by atoms with Crippen LogP contribution in [0.5, 0.6) is 0 Å². The minimum Gasteiger partial charge on any atom is -0.465 e. The molecule has 0 aromatic carbocycles. The lowest BCUT2D eigenvalue weighted by Gasteiger charge is -2.10. The summed E-state index contributed by atoms with van der Waals surface area (Å²) < 4.78 is 7.62. The van der Waals surface area contributed by atoms with Gasteiger partial charge in [-0.2, -0.15) is 0 Å². The lowest BCUT2D eigenvalue weighted by molar-refractivity contribution is 0.417. The van der Waals surface area contributed by atoms with Gasteiger partial charge in [-0.1, -0.05) is 6.07 Å². The van der Waals surface area contributed by atoms with Gasteiger partial charge in [0.05, 0.1) is 6.04 Å². The summed E-state index contributed by atoms with van der Waals surface area (Å²) in [5.74, 6) is 2.88. The van der Waals surface area contributed by atoms with Crippen LogP contribution >= 0.6 is 0 Å². The summed E-state index contributed by atoms with van der Waals surface area (Å²) in [5, 5.41) is 11.8. The van der Waals surface area contributed by atoms with E-state index in [1.807, 2.05) is 47.9 Å². The molecule has 104 valence electrons. The quantitative estimate of drug-likeness (QED) is 0.774. The highest BCUT2D eigenvalue weighted by atomic mass is 16.3. The standard InChI is InChI=1S/C15H18N4O/c1-11-6-7-13(20-11)12(2)16-9-8-15-18-17-14-5-3-4-10-19(14)15/h3-7,10,12,16H,8-9H2,1-2H3. The number of fused-ring (bicyclic) bond motifs is 1. The number of rotatable bonds is 5. The van der Waals surface area contributed by atoms with Gasteiger partial charge >= 0.3 is 0 Å². The molecule has 3 rings (SSSR count). The third kappa shape index (κ3) is 2.58. The molecule has 0 saturated heterocycles. The Kier molecular flexibility index (Phi) is 3.52. The molecule has 0 radical (unpaired) electrons. The van der Waals surface area contributed by atoms with Gasteiger partial charge in [0.25, 0.3) is 0 Å². The van der Waals surface area contributed by atoms with Crippen LogP contribution in [0.1, 0.15) is 30.3 Å². The van der Waals surface area contributed by atoms with Crippen LogP contribution < -0.4 is 5.32 Å². The van der Waals surface area contributed by atoms with E-state index in [0.717, 1.165) is 36.0 Å². The van der Waals surface area contributed by atoms with E-state index in [1.54, 1.807) is 0 Å². The molecule has 3 aromatic rings. The molecule has 1 N–H and O–H groups in total. The minimum atomic E-state index is 0.197. The summed E-state index contributed by atoms with van der Waals surface area (Å²) in [6.07, 6.45) is 2.82. The predicted molar refractivity (Wildman–Crippen MR) is 76.6 cm³/mol. The third-order valence-corrected chi connectivity index (χ3v) is 3.37. The van der Waals surface area contributed by atoms with Crippen LogP contribution in [-0.4, -0.2) is 21.1 Å². The van der Waals surface area contributed by atoms with E-state index in [-0.39, 0.29) is 6.04 Å². The second-order valence-electron chi connectivity index (χ2n) is 4.92. The summed E-state index contributed by atoms with van der Waals surface area (Å²) in [7, 11) is 0. The van der Waals surface area contributed by atoms with E-state index in [4.69, 9.17) is 4.42 Å². The number of aryl methyl sites for hydroxylation is 1. The van der Waals surface area contributed by atoms with Gasteiger partial charge in [0.15, 0.2) is 5.65 Å². The number of nitrogens with one attached hydrogen (secondary N) is 1. The van der Waals surface area contributed by atoms with Crippen molar-refractivity contribution < 1.29 is 4.42 Å². The van der Waals surface area contributed by atoms with E-state index in [1.165, 1.54) is 0 Å².